The summed E-state index contributed by atoms with van der Waals surface area (Å²) in [5, 5.41) is 3.13. The molecule has 3 aromatic rings. The Bertz CT molecular complexity index is 1140. The molecule has 6 heteroatoms. The zero-order chi connectivity index (χ0) is 24.1. The first-order chi connectivity index (χ1) is 16.4. The molecule has 1 unspecified atom stereocenters. The van der Waals surface area contributed by atoms with Gasteiger partial charge in [-0.25, -0.2) is 4.39 Å². The fourth-order valence-electron chi connectivity index (χ4n) is 4.35. The number of halogens is 1. The van der Waals surface area contributed by atoms with Crippen LogP contribution in [0.4, 0.5) is 10.1 Å². The van der Waals surface area contributed by atoms with Crippen molar-refractivity contribution in [1.82, 2.24) is 9.80 Å². The van der Waals surface area contributed by atoms with Gasteiger partial charge in [0.15, 0.2) is 0 Å². The number of amides is 2. The van der Waals surface area contributed by atoms with Gasteiger partial charge >= 0.3 is 0 Å². The number of hydrogen-bond acceptors (Lipinski definition) is 3. The Hall–Kier alpha value is -3.51. The molecule has 1 aliphatic rings. The maximum atomic E-state index is 13.5. The lowest BCUT2D eigenvalue weighted by Crippen LogP contribution is -2.52. The minimum Gasteiger partial charge on any atom is -0.340 e. The lowest BCUT2D eigenvalue weighted by molar-refractivity contribution is -0.133. The monoisotopic (exact) mass is 459 g/mol. The van der Waals surface area contributed by atoms with E-state index < -0.39 is 6.04 Å². The van der Waals surface area contributed by atoms with Crippen molar-refractivity contribution in [3.63, 3.8) is 0 Å². The summed E-state index contributed by atoms with van der Waals surface area (Å²) in [6.45, 7) is 6.26. The summed E-state index contributed by atoms with van der Waals surface area (Å²) in [6.07, 6.45) is 0.246. The summed E-state index contributed by atoms with van der Waals surface area (Å²) < 4.78 is 13.1. The molecule has 0 spiro atoms. The van der Waals surface area contributed by atoms with Crippen molar-refractivity contribution in [3.05, 3.63) is 101 Å². The fourth-order valence-corrected chi connectivity index (χ4v) is 4.35. The predicted octanol–water partition coefficient (Wildman–Crippen LogP) is 4.51. The van der Waals surface area contributed by atoms with Gasteiger partial charge in [-0.1, -0.05) is 54.6 Å². The number of piperazine rings is 1. The van der Waals surface area contributed by atoms with Gasteiger partial charge in [0, 0.05) is 31.9 Å². The van der Waals surface area contributed by atoms with Crippen LogP contribution in [0.3, 0.4) is 0 Å². The van der Waals surface area contributed by atoms with Crippen LogP contribution in [0.15, 0.2) is 72.8 Å². The molecule has 0 saturated carbocycles. The predicted molar refractivity (Wildman–Crippen MR) is 132 cm³/mol. The summed E-state index contributed by atoms with van der Waals surface area (Å²) in [5.74, 6) is -0.371. The summed E-state index contributed by atoms with van der Waals surface area (Å²) in [5.41, 5.74) is 4.65. The van der Waals surface area contributed by atoms with E-state index in [1.165, 1.54) is 12.1 Å². The molecule has 0 aliphatic carbocycles. The van der Waals surface area contributed by atoms with Gasteiger partial charge in [0.05, 0.1) is 6.42 Å². The van der Waals surface area contributed by atoms with E-state index in [1.54, 1.807) is 12.1 Å². The molecule has 0 aromatic heterocycles. The number of carbonyl (C=O) groups excluding carboxylic acids is 2. The standard InChI is InChI=1S/C28H30FN3O2/c1-20-8-9-21(2)25(18-20)30-28(34)27(23-6-4-3-5-7-23)32-16-14-31(15-17-32)26(33)19-22-10-12-24(29)13-11-22/h3-13,18,27H,14-17,19H2,1-2H3,(H,30,34). The smallest absolute Gasteiger partial charge is 0.246 e. The van der Waals surface area contributed by atoms with Gasteiger partial charge in [-0.15, -0.1) is 0 Å². The normalized spacial score (nSPS) is 15.1. The van der Waals surface area contributed by atoms with E-state index >= 15 is 0 Å². The van der Waals surface area contributed by atoms with E-state index in [-0.39, 0.29) is 24.1 Å². The van der Waals surface area contributed by atoms with Crippen molar-refractivity contribution < 1.29 is 14.0 Å². The molecule has 0 radical (unpaired) electrons. The van der Waals surface area contributed by atoms with Crippen molar-refractivity contribution in [3.8, 4) is 0 Å². The molecule has 5 nitrogen and oxygen atoms in total. The van der Waals surface area contributed by atoms with Crippen molar-refractivity contribution in [1.29, 1.82) is 0 Å². The van der Waals surface area contributed by atoms with Gasteiger partial charge in [0.2, 0.25) is 11.8 Å². The van der Waals surface area contributed by atoms with Gasteiger partial charge in [0.25, 0.3) is 0 Å². The molecule has 2 amide bonds. The Morgan fingerprint density at radius 1 is 0.912 bits per heavy atom. The second-order valence-corrected chi connectivity index (χ2v) is 8.84. The highest BCUT2D eigenvalue weighted by molar-refractivity contribution is 5.96. The third-order valence-corrected chi connectivity index (χ3v) is 6.32. The molecular formula is C28H30FN3O2. The van der Waals surface area contributed by atoms with Crippen LogP contribution in [0, 0.1) is 19.7 Å². The maximum Gasteiger partial charge on any atom is 0.246 e. The second kappa shape index (κ2) is 10.6. The van der Waals surface area contributed by atoms with E-state index in [2.05, 4.69) is 10.2 Å². The van der Waals surface area contributed by atoms with Gasteiger partial charge in [0.1, 0.15) is 11.9 Å². The Kier molecular flexibility index (Phi) is 7.38. The van der Waals surface area contributed by atoms with Gasteiger partial charge in [-0.2, -0.15) is 0 Å². The Morgan fingerprint density at radius 2 is 1.59 bits per heavy atom. The van der Waals surface area contributed by atoms with Gasteiger partial charge in [-0.05, 0) is 54.3 Å². The minimum atomic E-state index is -0.449. The average Bonchev–Trinajstić information content (AvgIpc) is 2.84. The van der Waals surface area contributed by atoms with E-state index in [4.69, 9.17) is 0 Å². The van der Waals surface area contributed by atoms with Crippen LogP contribution in [0.25, 0.3) is 0 Å². The number of nitrogens with one attached hydrogen (secondary N) is 1. The van der Waals surface area contributed by atoms with Crippen molar-refractivity contribution in [2.45, 2.75) is 26.3 Å². The van der Waals surface area contributed by atoms with Crippen molar-refractivity contribution in [2.75, 3.05) is 31.5 Å². The zero-order valence-electron chi connectivity index (χ0n) is 19.6. The summed E-state index contributed by atoms with van der Waals surface area (Å²) in [4.78, 5) is 30.2. The fraction of sp³-hybridized carbons (Fsp3) is 0.286. The molecule has 1 heterocycles. The Balaban J connectivity index is 1.45. The highest BCUT2D eigenvalue weighted by Gasteiger charge is 2.32. The third kappa shape index (κ3) is 5.69. The minimum absolute atomic E-state index is 0.0161. The quantitative estimate of drug-likeness (QED) is 0.590. The zero-order valence-corrected chi connectivity index (χ0v) is 19.6. The number of hydrogen-bond donors (Lipinski definition) is 1. The summed E-state index contributed by atoms with van der Waals surface area (Å²) in [6, 6.07) is 21.4. The van der Waals surface area contributed by atoms with Crippen LogP contribution in [0.1, 0.15) is 28.3 Å². The summed E-state index contributed by atoms with van der Waals surface area (Å²) >= 11 is 0. The molecule has 4 rings (SSSR count). The molecule has 1 atom stereocenters. The van der Waals surface area contributed by atoms with Crippen LogP contribution in [0.5, 0.6) is 0 Å². The Morgan fingerprint density at radius 3 is 2.26 bits per heavy atom. The third-order valence-electron chi connectivity index (χ3n) is 6.32. The van der Waals surface area contributed by atoms with Gasteiger partial charge in [-0.3, -0.25) is 14.5 Å². The maximum absolute atomic E-state index is 13.5. The molecule has 1 saturated heterocycles. The van der Waals surface area contributed by atoms with E-state index in [9.17, 15) is 14.0 Å². The second-order valence-electron chi connectivity index (χ2n) is 8.84. The lowest BCUT2D eigenvalue weighted by Gasteiger charge is -2.39. The van der Waals surface area contributed by atoms with Crippen LogP contribution in [-0.4, -0.2) is 47.8 Å². The molecule has 1 fully saturated rings. The first-order valence-corrected chi connectivity index (χ1v) is 11.6. The van der Waals surface area contributed by atoms with E-state index in [1.807, 2.05) is 67.3 Å². The number of nitrogens with zero attached hydrogens (tertiary/aromatic N) is 2. The van der Waals surface area contributed by atoms with Crippen molar-refractivity contribution >= 4 is 17.5 Å². The lowest BCUT2D eigenvalue weighted by atomic mass is 10.0. The molecule has 34 heavy (non-hydrogen) atoms. The molecule has 1 N–H and O–H groups in total. The number of carbonyl (C=O) groups is 2. The number of benzene rings is 3. The SMILES string of the molecule is Cc1ccc(C)c(NC(=O)C(c2ccccc2)N2CCN(C(=O)Cc3ccc(F)cc3)CC2)c1. The largest absolute Gasteiger partial charge is 0.340 e. The van der Waals surface area contributed by atoms with Crippen molar-refractivity contribution in [2.24, 2.45) is 0 Å². The van der Waals surface area contributed by atoms with Crippen LogP contribution >= 0.6 is 0 Å². The molecular weight excluding hydrogens is 429 g/mol. The summed E-state index contributed by atoms with van der Waals surface area (Å²) in [7, 11) is 0. The number of aryl methyl sites for hydroxylation is 2. The molecule has 3 aromatic carbocycles. The van der Waals surface area contributed by atoms with Crippen LogP contribution in [0.2, 0.25) is 0 Å². The highest BCUT2D eigenvalue weighted by atomic mass is 19.1. The van der Waals surface area contributed by atoms with Crippen LogP contribution in [-0.2, 0) is 16.0 Å². The number of anilines is 1. The van der Waals surface area contributed by atoms with E-state index in [0.717, 1.165) is 27.9 Å². The molecule has 1 aliphatic heterocycles. The van der Waals surface area contributed by atoms with Gasteiger partial charge < -0.3 is 10.2 Å². The highest BCUT2D eigenvalue weighted by Crippen LogP contribution is 2.26. The first-order valence-electron chi connectivity index (χ1n) is 11.6. The Labute approximate surface area is 200 Å². The molecule has 176 valence electrons. The van der Waals surface area contributed by atoms with E-state index in [0.29, 0.717) is 26.2 Å². The average molecular weight is 460 g/mol. The number of rotatable bonds is 6. The molecule has 0 bridgehead atoms. The van der Waals surface area contributed by atoms with Crippen LogP contribution < -0.4 is 5.32 Å². The topological polar surface area (TPSA) is 52.7 Å². The first kappa shape index (κ1) is 23.6.